The summed E-state index contributed by atoms with van der Waals surface area (Å²) in [5.74, 6) is 1.15. The fourth-order valence-electron chi connectivity index (χ4n) is 3.65. The predicted molar refractivity (Wildman–Crippen MR) is 81.3 cm³/mol. The molecule has 1 fully saturated rings. The molecule has 2 aromatic rings. The highest BCUT2D eigenvalue weighted by molar-refractivity contribution is 5.94. The van der Waals surface area contributed by atoms with Crippen molar-refractivity contribution in [3.63, 3.8) is 0 Å². The Morgan fingerprint density at radius 2 is 1.90 bits per heavy atom. The first kappa shape index (κ1) is 12.6. The van der Waals surface area contributed by atoms with E-state index >= 15 is 0 Å². The number of hydrogen-bond donors (Lipinski definition) is 1. The molecule has 4 nitrogen and oxygen atoms in total. The van der Waals surface area contributed by atoms with Crippen molar-refractivity contribution in [1.82, 2.24) is 9.78 Å². The van der Waals surface area contributed by atoms with Crippen molar-refractivity contribution in [3.8, 4) is 0 Å². The second-order valence-corrected chi connectivity index (χ2v) is 6.05. The molecule has 4 heteroatoms. The third kappa shape index (κ3) is 2.15. The van der Waals surface area contributed by atoms with Gasteiger partial charge in [-0.05, 0) is 18.4 Å². The molecule has 0 spiro atoms. The summed E-state index contributed by atoms with van der Waals surface area (Å²) in [5.41, 5.74) is 2.35. The molecule has 108 valence electrons. The minimum atomic E-state index is 0.0936. The quantitative estimate of drug-likeness (QED) is 0.916. The number of hydrogen-bond acceptors (Lipinski definition) is 2. The third-order valence-electron chi connectivity index (χ3n) is 4.72. The molecule has 1 aromatic heterocycles. The maximum atomic E-state index is 12.1. The van der Waals surface area contributed by atoms with E-state index in [4.69, 9.17) is 0 Å². The first-order valence-electron chi connectivity index (χ1n) is 7.75. The number of benzene rings is 1. The lowest BCUT2D eigenvalue weighted by Gasteiger charge is -2.25. The molecule has 1 N–H and O–H groups in total. The topological polar surface area (TPSA) is 46.9 Å². The minimum Gasteiger partial charge on any atom is -0.311 e. The highest BCUT2D eigenvalue weighted by atomic mass is 16.1. The van der Waals surface area contributed by atoms with Gasteiger partial charge in [0.05, 0.1) is 12.2 Å². The highest BCUT2D eigenvalue weighted by Gasteiger charge is 2.32. The number of aromatic nitrogens is 2. The summed E-state index contributed by atoms with van der Waals surface area (Å²) in [6.45, 7) is 0. The summed E-state index contributed by atoms with van der Waals surface area (Å²) >= 11 is 0. The molecule has 1 amide bonds. The Hall–Kier alpha value is -2.10. The van der Waals surface area contributed by atoms with Crippen molar-refractivity contribution < 1.29 is 4.79 Å². The van der Waals surface area contributed by atoms with Crippen LogP contribution in [-0.4, -0.2) is 15.7 Å². The fourth-order valence-corrected chi connectivity index (χ4v) is 3.65. The number of amides is 1. The molecule has 0 bridgehead atoms. The first-order valence-corrected chi connectivity index (χ1v) is 7.75. The molecule has 0 unspecified atom stereocenters. The van der Waals surface area contributed by atoms with Crippen LogP contribution in [0.1, 0.15) is 55.2 Å². The van der Waals surface area contributed by atoms with Crippen LogP contribution in [0.4, 0.5) is 5.82 Å². The van der Waals surface area contributed by atoms with E-state index in [1.807, 2.05) is 24.4 Å². The average molecular weight is 281 g/mol. The van der Waals surface area contributed by atoms with Crippen molar-refractivity contribution in [2.24, 2.45) is 0 Å². The maximum absolute atomic E-state index is 12.1. The number of anilines is 1. The van der Waals surface area contributed by atoms with Crippen LogP contribution in [0.3, 0.4) is 0 Å². The standard InChI is InChI=1S/C17H19N3O/c21-16-10-14(12-6-2-1-3-7-12)15-11-18-20(17(15)19-16)13-8-4-5-9-13/h1-3,6-7,11,13-14H,4-5,8-10H2,(H,19,21)/t14-/m1/s1. The molecule has 0 saturated heterocycles. The summed E-state index contributed by atoms with van der Waals surface area (Å²) in [5, 5.41) is 7.64. The lowest BCUT2D eigenvalue weighted by molar-refractivity contribution is -0.116. The Balaban J connectivity index is 1.76. The number of carbonyl (C=O) groups excluding carboxylic acids is 1. The van der Waals surface area contributed by atoms with Gasteiger partial charge in [0, 0.05) is 17.9 Å². The van der Waals surface area contributed by atoms with E-state index in [9.17, 15) is 4.79 Å². The molecule has 1 aliphatic carbocycles. The van der Waals surface area contributed by atoms with E-state index < -0.39 is 0 Å². The van der Waals surface area contributed by atoms with Gasteiger partial charge in [-0.2, -0.15) is 5.10 Å². The smallest absolute Gasteiger partial charge is 0.226 e. The number of nitrogens with zero attached hydrogens (tertiary/aromatic N) is 2. The number of nitrogens with one attached hydrogen (secondary N) is 1. The molecule has 1 aliphatic heterocycles. The molecule has 21 heavy (non-hydrogen) atoms. The Bertz CT molecular complexity index is 656. The first-order chi connectivity index (χ1) is 10.3. The number of carbonyl (C=O) groups is 1. The van der Waals surface area contributed by atoms with Crippen molar-refractivity contribution in [3.05, 3.63) is 47.7 Å². The van der Waals surface area contributed by atoms with Gasteiger partial charge in [0.15, 0.2) is 0 Å². The van der Waals surface area contributed by atoms with Gasteiger partial charge in [0.25, 0.3) is 0 Å². The fraction of sp³-hybridized carbons (Fsp3) is 0.412. The van der Waals surface area contributed by atoms with Crippen LogP contribution < -0.4 is 5.32 Å². The van der Waals surface area contributed by atoms with E-state index in [1.54, 1.807) is 0 Å². The molecular weight excluding hydrogens is 262 g/mol. The summed E-state index contributed by atoms with van der Waals surface area (Å²) < 4.78 is 2.05. The monoisotopic (exact) mass is 281 g/mol. The zero-order valence-corrected chi connectivity index (χ0v) is 12.0. The van der Waals surface area contributed by atoms with Gasteiger partial charge in [-0.3, -0.25) is 4.79 Å². The molecule has 1 aromatic carbocycles. The molecule has 1 saturated carbocycles. The van der Waals surface area contributed by atoms with Crippen LogP contribution in [0.15, 0.2) is 36.5 Å². The summed E-state index contributed by atoms with van der Waals surface area (Å²) in [7, 11) is 0. The third-order valence-corrected chi connectivity index (χ3v) is 4.72. The van der Waals surface area contributed by atoms with Crippen molar-refractivity contribution in [2.75, 3.05) is 5.32 Å². The van der Waals surface area contributed by atoms with Crippen LogP contribution in [-0.2, 0) is 4.79 Å². The van der Waals surface area contributed by atoms with E-state index in [2.05, 4.69) is 27.2 Å². The average Bonchev–Trinajstić information content (AvgIpc) is 3.15. The van der Waals surface area contributed by atoms with Gasteiger partial charge >= 0.3 is 0 Å². The second-order valence-electron chi connectivity index (χ2n) is 6.05. The molecule has 2 aliphatic rings. The molecular formula is C17H19N3O. The van der Waals surface area contributed by atoms with Gasteiger partial charge in [0.2, 0.25) is 5.91 Å². The van der Waals surface area contributed by atoms with Gasteiger partial charge < -0.3 is 5.32 Å². The van der Waals surface area contributed by atoms with Gasteiger partial charge in [-0.25, -0.2) is 4.68 Å². The van der Waals surface area contributed by atoms with Crippen molar-refractivity contribution in [1.29, 1.82) is 0 Å². The van der Waals surface area contributed by atoms with Gasteiger partial charge in [-0.1, -0.05) is 43.2 Å². The second kappa shape index (κ2) is 5.02. The lowest BCUT2D eigenvalue weighted by Crippen LogP contribution is -2.25. The SMILES string of the molecule is O=C1C[C@H](c2ccccc2)c2cnn(C3CCCC3)c2N1. The Morgan fingerprint density at radius 3 is 2.67 bits per heavy atom. The Labute approximate surface area is 124 Å². The van der Waals surface area contributed by atoms with E-state index in [-0.39, 0.29) is 11.8 Å². The normalized spacial score (nSPS) is 22.1. The largest absolute Gasteiger partial charge is 0.311 e. The lowest BCUT2D eigenvalue weighted by atomic mass is 9.87. The number of fused-ring (bicyclic) bond motifs is 1. The molecule has 4 rings (SSSR count). The van der Waals surface area contributed by atoms with Crippen LogP contribution in [0.25, 0.3) is 0 Å². The van der Waals surface area contributed by atoms with E-state index in [0.717, 1.165) is 11.4 Å². The van der Waals surface area contributed by atoms with Crippen LogP contribution in [0, 0.1) is 0 Å². The van der Waals surface area contributed by atoms with Gasteiger partial charge in [-0.15, -0.1) is 0 Å². The summed E-state index contributed by atoms with van der Waals surface area (Å²) in [6.07, 6.45) is 7.31. The highest BCUT2D eigenvalue weighted by Crippen LogP contribution is 2.40. The van der Waals surface area contributed by atoms with E-state index in [1.165, 1.54) is 31.2 Å². The maximum Gasteiger partial charge on any atom is 0.226 e. The molecule has 0 radical (unpaired) electrons. The van der Waals surface area contributed by atoms with Crippen molar-refractivity contribution in [2.45, 2.75) is 44.1 Å². The van der Waals surface area contributed by atoms with Crippen LogP contribution in [0.5, 0.6) is 0 Å². The number of rotatable bonds is 2. The summed E-state index contributed by atoms with van der Waals surface area (Å²) in [6, 6.07) is 10.7. The zero-order valence-electron chi connectivity index (χ0n) is 12.0. The molecule has 1 atom stereocenters. The summed E-state index contributed by atoms with van der Waals surface area (Å²) in [4.78, 5) is 12.1. The zero-order chi connectivity index (χ0) is 14.2. The van der Waals surface area contributed by atoms with E-state index in [0.29, 0.717) is 12.5 Å². The van der Waals surface area contributed by atoms with Gasteiger partial charge in [0.1, 0.15) is 5.82 Å². The minimum absolute atomic E-state index is 0.0936. The Kier molecular flexibility index (Phi) is 3.02. The van der Waals surface area contributed by atoms with Crippen molar-refractivity contribution >= 4 is 11.7 Å². The predicted octanol–water partition coefficient (Wildman–Crippen LogP) is 3.47. The van der Waals surface area contributed by atoms with Crippen LogP contribution >= 0.6 is 0 Å². The Morgan fingerprint density at radius 1 is 1.14 bits per heavy atom. The molecule has 2 heterocycles. The van der Waals surface area contributed by atoms with Crippen LogP contribution in [0.2, 0.25) is 0 Å².